The number of carbonyl (C=O) groups excluding carboxylic acids is 2. The molecule has 2 aliphatic rings. The zero-order valence-electron chi connectivity index (χ0n) is 14.3. The van der Waals surface area contributed by atoms with Crippen LogP contribution in [0.4, 0.5) is 5.13 Å². The lowest BCUT2D eigenvalue weighted by Crippen LogP contribution is -2.48. The van der Waals surface area contributed by atoms with E-state index in [-0.39, 0.29) is 24.4 Å². The Kier molecular flexibility index (Phi) is 5.03. The lowest BCUT2D eigenvalue weighted by atomic mass is 10.1. The number of amides is 2. The Hall–Kier alpha value is -2.53. The summed E-state index contributed by atoms with van der Waals surface area (Å²) in [5.74, 6) is 1.05. The van der Waals surface area contributed by atoms with Gasteiger partial charge in [0.1, 0.15) is 0 Å². The molecule has 0 atom stereocenters. The lowest BCUT2D eigenvalue weighted by Gasteiger charge is -2.34. The van der Waals surface area contributed by atoms with Crippen LogP contribution in [0.25, 0.3) is 0 Å². The van der Waals surface area contributed by atoms with Gasteiger partial charge in [0.15, 0.2) is 15.8 Å². The molecule has 3 heterocycles. The van der Waals surface area contributed by atoms with Gasteiger partial charge in [0, 0.05) is 31.7 Å². The summed E-state index contributed by atoms with van der Waals surface area (Å²) in [4.78, 5) is 27.5. The van der Waals surface area contributed by atoms with Crippen molar-refractivity contribution in [3.8, 4) is 11.5 Å². The zero-order valence-corrected chi connectivity index (χ0v) is 15.9. The van der Waals surface area contributed by atoms with Crippen molar-refractivity contribution in [1.82, 2.24) is 15.1 Å². The van der Waals surface area contributed by atoms with Crippen LogP contribution < -0.4 is 20.1 Å². The molecule has 0 saturated carbocycles. The molecule has 1 aromatic heterocycles. The highest BCUT2D eigenvalue weighted by Crippen LogP contribution is 2.33. The van der Waals surface area contributed by atoms with Gasteiger partial charge in [-0.1, -0.05) is 23.1 Å². The number of piperazine rings is 1. The van der Waals surface area contributed by atoms with Crippen LogP contribution in [0.15, 0.2) is 22.5 Å². The minimum absolute atomic E-state index is 0.0251. The minimum atomic E-state index is -0.382. The number of thioether (sulfide) groups is 1. The molecule has 27 heavy (non-hydrogen) atoms. The van der Waals surface area contributed by atoms with Gasteiger partial charge in [-0.2, -0.15) is 0 Å². The van der Waals surface area contributed by atoms with E-state index in [0.29, 0.717) is 47.6 Å². The summed E-state index contributed by atoms with van der Waals surface area (Å²) < 4.78 is 11.3. The van der Waals surface area contributed by atoms with E-state index in [2.05, 4.69) is 15.1 Å². The lowest BCUT2D eigenvalue weighted by molar-refractivity contribution is -0.115. The maximum absolute atomic E-state index is 12.7. The second-order valence-corrected chi connectivity index (χ2v) is 8.13. The monoisotopic (exact) mass is 407 g/mol. The van der Waals surface area contributed by atoms with Crippen molar-refractivity contribution in [1.29, 1.82) is 0 Å². The largest absolute Gasteiger partial charge is 0.454 e. The van der Waals surface area contributed by atoms with Crippen molar-refractivity contribution >= 4 is 40.0 Å². The van der Waals surface area contributed by atoms with E-state index in [1.165, 1.54) is 23.1 Å². The summed E-state index contributed by atoms with van der Waals surface area (Å²) in [6.45, 7) is 2.72. The van der Waals surface area contributed by atoms with E-state index in [9.17, 15) is 9.59 Å². The second-order valence-electron chi connectivity index (χ2n) is 5.95. The third-order valence-corrected chi connectivity index (χ3v) is 6.33. The Morgan fingerprint density at radius 3 is 2.70 bits per heavy atom. The van der Waals surface area contributed by atoms with Crippen molar-refractivity contribution < 1.29 is 19.1 Å². The van der Waals surface area contributed by atoms with Crippen molar-refractivity contribution in [2.75, 3.05) is 43.6 Å². The van der Waals surface area contributed by atoms with E-state index in [0.717, 1.165) is 5.13 Å². The van der Waals surface area contributed by atoms with Crippen LogP contribution >= 0.6 is 23.1 Å². The first kappa shape index (κ1) is 17.9. The predicted octanol–water partition coefficient (Wildman–Crippen LogP) is 0.807. The van der Waals surface area contributed by atoms with Crippen LogP contribution in [-0.4, -0.2) is 65.6 Å². The number of carbonyl (C=O) groups is 2. The van der Waals surface area contributed by atoms with E-state index in [1.807, 2.05) is 4.90 Å². The fourth-order valence-electron chi connectivity index (χ4n) is 2.83. The van der Waals surface area contributed by atoms with E-state index >= 15 is 0 Å². The number of hydrogen-bond acceptors (Lipinski definition) is 9. The van der Waals surface area contributed by atoms with Gasteiger partial charge >= 0.3 is 0 Å². The molecule has 0 radical (unpaired) electrons. The van der Waals surface area contributed by atoms with Crippen LogP contribution in [0.3, 0.4) is 0 Å². The van der Waals surface area contributed by atoms with Crippen molar-refractivity contribution in [2.24, 2.45) is 5.73 Å². The zero-order chi connectivity index (χ0) is 18.8. The fourth-order valence-corrected chi connectivity index (χ4v) is 4.47. The van der Waals surface area contributed by atoms with Crippen LogP contribution in [-0.2, 0) is 4.79 Å². The number of ether oxygens (including phenoxy) is 2. The molecular formula is C16H17N5O4S2. The third-order valence-electron chi connectivity index (χ3n) is 4.19. The Labute approximate surface area is 163 Å². The van der Waals surface area contributed by atoms with Gasteiger partial charge in [0.2, 0.25) is 17.8 Å². The van der Waals surface area contributed by atoms with Gasteiger partial charge in [0.05, 0.1) is 5.75 Å². The first-order valence-corrected chi connectivity index (χ1v) is 10.1. The van der Waals surface area contributed by atoms with Crippen LogP contribution in [0, 0.1) is 0 Å². The van der Waals surface area contributed by atoms with Crippen molar-refractivity contribution in [2.45, 2.75) is 4.34 Å². The molecule has 0 bridgehead atoms. The fraction of sp³-hybridized carbons (Fsp3) is 0.375. The number of hydrogen-bond donors (Lipinski definition) is 1. The Balaban J connectivity index is 1.34. The second kappa shape index (κ2) is 7.61. The van der Waals surface area contributed by atoms with Gasteiger partial charge in [-0.15, -0.1) is 10.2 Å². The summed E-state index contributed by atoms with van der Waals surface area (Å²) in [6, 6.07) is 5.25. The molecule has 2 aliphatic heterocycles. The van der Waals surface area contributed by atoms with Crippen LogP contribution in [0.1, 0.15) is 10.4 Å². The topological polar surface area (TPSA) is 111 Å². The maximum Gasteiger partial charge on any atom is 0.254 e. The number of aromatic nitrogens is 2. The molecular weight excluding hydrogens is 390 g/mol. The van der Waals surface area contributed by atoms with Gasteiger partial charge in [0.25, 0.3) is 5.91 Å². The number of rotatable bonds is 5. The maximum atomic E-state index is 12.7. The Morgan fingerprint density at radius 1 is 1.15 bits per heavy atom. The molecule has 9 nitrogen and oxygen atoms in total. The third kappa shape index (κ3) is 3.93. The van der Waals surface area contributed by atoms with Crippen LogP contribution in [0.2, 0.25) is 0 Å². The van der Waals surface area contributed by atoms with E-state index < -0.39 is 0 Å². The molecule has 2 aromatic rings. The average molecular weight is 407 g/mol. The molecule has 1 saturated heterocycles. The smallest absolute Gasteiger partial charge is 0.254 e. The molecule has 4 rings (SSSR count). The summed E-state index contributed by atoms with van der Waals surface area (Å²) in [7, 11) is 0. The summed E-state index contributed by atoms with van der Waals surface area (Å²) >= 11 is 2.71. The normalized spacial score (nSPS) is 15.9. The number of benzene rings is 1. The molecule has 1 aromatic carbocycles. The number of primary amides is 1. The molecule has 142 valence electrons. The van der Waals surface area contributed by atoms with Gasteiger partial charge in [-0.05, 0) is 18.2 Å². The van der Waals surface area contributed by atoms with Gasteiger partial charge in [-0.25, -0.2) is 0 Å². The van der Waals surface area contributed by atoms with E-state index in [1.54, 1.807) is 18.2 Å². The summed E-state index contributed by atoms with van der Waals surface area (Å²) in [5.41, 5.74) is 5.74. The molecule has 0 spiro atoms. The standard InChI is InChI=1S/C16H17N5O4S2/c17-13(22)8-26-16-19-18-15(27-16)21-5-3-20(4-6-21)14(23)10-1-2-11-12(7-10)25-9-24-11/h1-2,7H,3-6,8-9H2,(H2,17,22). The van der Waals surface area contributed by atoms with Gasteiger partial charge < -0.3 is 25.0 Å². The molecule has 11 heteroatoms. The predicted molar refractivity (Wildman–Crippen MR) is 101 cm³/mol. The molecule has 0 unspecified atom stereocenters. The number of nitrogens with zero attached hydrogens (tertiary/aromatic N) is 4. The van der Waals surface area contributed by atoms with E-state index in [4.69, 9.17) is 15.2 Å². The molecule has 2 N–H and O–H groups in total. The number of nitrogens with two attached hydrogens (primary N) is 1. The number of fused-ring (bicyclic) bond motifs is 1. The highest BCUT2D eigenvalue weighted by Gasteiger charge is 2.25. The van der Waals surface area contributed by atoms with Crippen molar-refractivity contribution in [3.63, 3.8) is 0 Å². The Morgan fingerprint density at radius 2 is 1.93 bits per heavy atom. The first-order valence-electron chi connectivity index (χ1n) is 8.28. The molecule has 0 aliphatic carbocycles. The highest BCUT2D eigenvalue weighted by molar-refractivity contribution is 8.01. The van der Waals surface area contributed by atoms with Gasteiger partial charge in [-0.3, -0.25) is 9.59 Å². The molecule has 1 fully saturated rings. The highest BCUT2D eigenvalue weighted by atomic mass is 32.2. The summed E-state index contributed by atoms with van der Waals surface area (Å²) in [6.07, 6.45) is 0. The van der Waals surface area contributed by atoms with Crippen molar-refractivity contribution in [3.05, 3.63) is 23.8 Å². The average Bonchev–Trinajstić information content (AvgIpc) is 3.34. The Bertz CT molecular complexity index is 866. The number of anilines is 1. The quantitative estimate of drug-likeness (QED) is 0.725. The first-order chi connectivity index (χ1) is 13.1. The SMILES string of the molecule is NC(=O)CSc1nnc(N2CCN(C(=O)c3ccc4c(c3)OCO4)CC2)s1. The minimum Gasteiger partial charge on any atom is -0.454 e. The van der Waals surface area contributed by atoms with Crippen LogP contribution in [0.5, 0.6) is 11.5 Å². The summed E-state index contributed by atoms with van der Waals surface area (Å²) in [5, 5.41) is 9.04. The molecule has 2 amide bonds.